The standard InChI is InChI=1S/C18H17ClN4O4S/c1-2-27-15-9-7-14(8-10-15)23-28(25,26)18-16(11-20-22-18)17(24)21-13-5-3-12(19)4-6-13/h3-11,23H,2H2,1H3,(H,20,22)(H,21,24). The summed E-state index contributed by atoms with van der Waals surface area (Å²) in [4.78, 5) is 12.5. The predicted molar refractivity (Wildman–Crippen MR) is 106 cm³/mol. The Hall–Kier alpha value is -3.04. The van der Waals surface area contributed by atoms with Gasteiger partial charge in [-0.05, 0) is 55.5 Å². The molecule has 0 aliphatic heterocycles. The van der Waals surface area contributed by atoms with E-state index in [0.717, 1.165) is 6.20 Å². The number of H-pyrrole nitrogens is 1. The molecule has 10 heteroatoms. The minimum atomic E-state index is -4.06. The van der Waals surface area contributed by atoms with Crippen LogP contribution in [0.15, 0.2) is 59.8 Å². The maximum Gasteiger partial charge on any atom is 0.279 e. The van der Waals surface area contributed by atoms with E-state index in [1.807, 2.05) is 6.92 Å². The van der Waals surface area contributed by atoms with Gasteiger partial charge in [0.05, 0.1) is 18.4 Å². The predicted octanol–water partition coefficient (Wildman–Crippen LogP) is 3.51. The number of rotatable bonds is 7. The summed E-state index contributed by atoms with van der Waals surface area (Å²) < 4.78 is 33.1. The number of carbonyl (C=O) groups excluding carboxylic acids is 1. The highest BCUT2D eigenvalue weighted by molar-refractivity contribution is 7.92. The van der Waals surface area contributed by atoms with E-state index in [1.54, 1.807) is 48.5 Å². The molecule has 0 aliphatic carbocycles. The molecule has 0 bridgehead atoms. The molecule has 3 rings (SSSR count). The Kier molecular flexibility index (Phi) is 5.86. The van der Waals surface area contributed by atoms with E-state index in [9.17, 15) is 13.2 Å². The molecule has 0 saturated heterocycles. The Morgan fingerprint density at radius 2 is 1.75 bits per heavy atom. The molecule has 0 radical (unpaired) electrons. The molecule has 0 saturated carbocycles. The second kappa shape index (κ2) is 8.32. The van der Waals surface area contributed by atoms with E-state index in [2.05, 4.69) is 20.2 Å². The third-order valence-electron chi connectivity index (χ3n) is 3.64. The van der Waals surface area contributed by atoms with Crippen LogP contribution in [-0.4, -0.2) is 31.1 Å². The van der Waals surface area contributed by atoms with E-state index in [4.69, 9.17) is 16.3 Å². The lowest BCUT2D eigenvalue weighted by atomic mass is 10.3. The van der Waals surface area contributed by atoms with Crippen molar-refractivity contribution >= 4 is 38.9 Å². The number of benzene rings is 2. The molecule has 28 heavy (non-hydrogen) atoms. The van der Waals surface area contributed by atoms with Gasteiger partial charge in [0.15, 0.2) is 5.03 Å². The van der Waals surface area contributed by atoms with Gasteiger partial charge >= 0.3 is 0 Å². The van der Waals surface area contributed by atoms with Crippen LogP contribution in [0.2, 0.25) is 5.02 Å². The lowest BCUT2D eigenvalue weighted by molar-refractivity contribution is 0.102. The third kappa shape index (κ3) is 4.62. The summed E-state index contributed by atoms with van der Waals surface area (Å²) >= 11 is 5.81. The Morgan fingerprint density at radius 3 is 2.39 bits per heavy atom. The lowest BCUT2D eigenvalue weighted by Crippen LogP contribution is -2.19. The zero-order valence-electron chi connectivity index (χ0n) is 14.8. The first kappa shape index (κ1) is 19.7. The summed E-state index contributed by atoms with van der Waals surface area (Å²) in [6.45, 7) is 2.36. The average molecular weight is 421 g/mol. The number of nitrogens with zero attached hydrogens (tertiary/aromatic N) is 1. The molecule has 146 valence electrons. The quantitative estimate of drug-likeness (QED) is 0.541. The first-order valence-corrected chi connectivity index (χ1v) is 10.1. The molecule has 0 unspecified atom stereocenters. The molecule has 1 aromatic heterocycles. The van der Waals surface area contributed by atoms with Gasteiger partial charge < -0.3 is 10.1 Å². The Morgan fingerprint density at radius 1 is 1.11 bits per heavy atom. The molecule has 3 aromatic rings. The summed E-state index contributed by atoms with van der Waals surface area (Å²) in [5.41, 5.74) is 0.675. The summed E-state index contributed by atoms with van der Waals surface area (Å²) in [5, 5.41) is 8.85. The molecule has 2 aromatic carbocycles. The van der Waals surface area contributed by atoms with Gasteiger partial charge in [-0.1, -0.05) is 11.6 Å². The molecule has 0 fully saturated rings. The highest BCUT2D eigenvalue weighted by atomic mass is 35.5. The maximum absolute atomic E-state index is 12.7. The number of aromatic nitrogens is 2. The minimum Gasteiger partial charge on any atom is -0.494 e. The molecule has 1 amide bonds. The van der Waals surface area contributed by atoms with Crippen molar-refractivity contribution in [3.05, 3.63) is 65.3 Å². The highest BCUT2D eigenvalue weighted by Gasteiger charge is 2.25. The number of anilines is 2. The van der Waals surface area contributed by atoms with Gasteiger partial charge in [-0.2, -0.15) is 13.5 Å². The largest absolute Gasteiger partial charge is 0.494 e. The number of halogens is 1. The van der Waals surface area contributed by atoms with Crippen molar-refractivity contribution < 1.29 is 17.9 Å². The van der Waals surface area contributed by atoms with Crippen LogP contribution >= 0.6 is 11.6 Å². The Labute approximate surface area is 166 Å². The van der Waals surface area contributed by atoms with E-state index >= 15 is 0 Å². The van der Waals surface area contributed by atoms with Gasteiger partial charge in [-0.15, -0.1) is 0 Å². The molecule has 3 N–H and O–H groups in total. The van der Waals surface area contributed by atoms with Crippen molar-refractivity contribution in [3.63, 3.8) is 0 Å². The normalized spacial score (nSPS) is 11.1. The van der Waals surface area contributed by atoms with E-state index < -0.39 is 15.9 Å². The number of amides is 1. The van der Waals surface area contributed by atoms with Crippen molar-refractivity contribution in [2.75, 3.05) is 16.6 Å². The second-order valence-electron chi connectivity index (χ2n) is 5.64. The van der Waals surface area contributed by atoms with Gasteiger partial charge in [0, 0.05) is 16.4 Å². The zero-order chi connectivity index (χ0) is 20.1. The van der Waals surface area contributed by atoms with Gasteiger partial charge in [0.1, 0.15) is 5.75 Å². The minimum absolute atomic E-state index is 0.117. The Bertz CT molecular complexity index is 1060. The van der Waals surface area contributed by atoms with Crippen LogP contribution < -0.4 is 14.8 Å². The molecule has 8 nitrogen and oxygen atoms in total. The van der Waals surface area contributed by atoms with Crippen LogP contribution in [0.4, 0.5) is 11.4 Å². The SMILES string of the molecule is CCOc1ccc(NS(=O)(=O)c2[nH]ncc2C(=O)Nc2ccc(Cl)cc2)cc1. The smallest absolute Gasteiger partial charge is 0.279 e. The van der Waals surface area contributed by atoms with Crippen LogP contribution in [0.5, 0.6) is 5.75 Å². The Balaban J connectivity index is 1.78. The fourth-order valence-corrected chi connectivity index (χ4v) is 3.65. The molecular formula is C18H17ClN4O4S. The average Bonchev–Trinajstić information content (AvgIpc) is 3.16. The topological polar surface area (TPSA) is 113 Å². The third-order valence-corrected chi connectivity index (χ3v) is 5.24. The molecule has 0 aliphatic rings. The van der Waals surface area contributed by atoms with Crippen molar-refractivity contribution in [2.24, 2.45) is 0 Å². The number of hydrogen-bond donors (Lipinski definition) is 3. The first-order chi connectivity index (χ1) is 13.4. The van der Waals surface area contributed by atoms with Crippen molar-refractivity contribution in [1.29, 1.82) is 0 Å². The van der Waals surface area contributed by atoms with Crippen LogP contribution in [0.3, 0.4) is 0 Å². The van der Waals surface area contributed by atoms with Gasteiger partial charge in [-0.3, -0.25) is 14.6 Å². The van der Waals surface area contributed by atoms with Crippen LogP contribution in [0, 0.1) is 0 Å². The number of sulfonamides is 1. The van der Waals surface area contributed by atoms with Gasteiger partial charge in [0.25, 0.3) is 15.9 Å². The van der Waals surface area contributed by atoms with Crippen molar-refractivity contribution in [3.8, 4) is 5.75 Å². The molecule has 1 heterocycles. The van der Waals surface area contributed by atoms with Crippen LogP contribution in [0.1, 0.15) is 17.3 Å². The number of aromatic amines is 1. The van der Waals surface area contributed by atoms with Gasteiger partial charge in [-0.25, -0.2) is 0 Å². The lowest BCUT2D eigenvalue weighted by Gasteiger charge is -2.10. The van der Waals surface area contributed by atoms with Crippen LogP contribution in [0.25, 0.3) is 0 Å². The fraction of sp³-hybridized carbons (Fsp3) is 0.111. The number of nitrogens with one attached hydrogen (secondary N) is 3. The summed E-state index contributed by atoms with van der Waals surface area (Å²) in [6, 6.07) is 12.8. The molecule has 0 atom stereocenters. The zero-order valence-corrected chi connectivity index (χ0v) is 16.3. The summed E-state index contributed by atoms with van der Waals surface area (Å²) in [6.07, 6.45) is 1.15. The highest BCUT2D eigenvalue weighted by Crippen LogP contribution is 2.21. The second-order valence-corrected chi connectivity index (χ2v) is 7.69. The van der Waals surface area contributed by atoms with E-state index in [0.29, 0.717) is 28.8 Å². The summed E-state index contributed by atoms with van der Waals surface area (Å²) in [7, 11) is -4.06. The van der Waals surface area contributed by atoms with Crippen LogP contribution in [-0.2, 0) is 10.0 Å². The fourth-order valence-electron chi connectivity index (χ4n) is 2.36. The van der Waals surface area contributed by atoms with E-state index in [-0.39, 0.29) is 10.6 Å². The molecular weight excluding hydrogens is 404 g/mol. The van der Waals surface area contributed by atoms with Crippen molar-refractivity contribution in [2.45, 2.75) is 11.9 Å². The number of carbonyl (C=O) groups is 1. The first-order valence-electron chi connectivity index (χ1n) is 8.25. The summed E-state index contributed by atoms with van der Waals surface area (Å²) in [5.74, 6) is -0.00170. The van der Waals surface area contributed by atoms with Gasteiger partial charge in [0.2, 0.25) is 0 Å². The van der Waals surface area contributed by atoms with E-state index in [1.165, 1.54) is 0 Å². The maximum atomic E-state index is 12.7. The van der Waals surface area contributed by atoms with Crippen molar-refractivity contribution in [1.82, 2.24) is 10.2 Å². The molecule has 0 spiro atoms. The number of ether oxygens (including phenoxy) is 1. The number of hydrogen-bond acceptors (Lipinski definition) is 5. The monoisotopic (exact) mass is 420 g/mol.